The molecule has 21 heavy (non-hydrogen) atoms. The first-order chi connectivity index (χ1) is 10.2. The maximum Gasteiger partial charge on any atom is 0.277 e. The Morgan fingerprint density at radius 1 is 1.14 bits per heavy atom. The van der Waals surface area contributed by atoms with Crippen molar-refractivity contribution in [3.63, 3.8) is 0 Å². The summed E-state index contributed by atoms with van der Waals surface area (Å²) in [7, 11) is 0. The van der Waals surface area contributed by atoms with Crippen molar-refractivity contribution in [2.24, 2.45) is 0 Å². The summed E-state index contributed by atoms with van der Waals surface area (Å²) in [6, 6.07) is 16.1. The van der Waals surface area contributed by atoms with Crippen LogP contribution >= 0.6 is 0 Å². The predicted molar refractivity (Wildman–Crippen MR) is 83.5 cm³/mol. The van der Waals surface area contributed by atoms with Crippen molar-refractivity contribution in [3.8, 4) is 5.75 Å². The molecular weight excluding hydrogens is 266 g/mol. The SMILES string of the molecule is CCCOc1ccc(C=C(c2ccccc2)[N+](=O)[O-])cc1. The summed E-state index contributed by atoms with van der Waals surface area (Å²) < 4.78 is 5.49. The van der Waals surface area contributed by atoms with Gasteiger partial charge in [0.15, 0.2) is 0 Å². The summed E-state index contributed by atoms with van der Waals surface area (Å²) in [4.78, 5) is 10.9. The third-order valence-corrected chi connectivity index (χ3v) is 2.92. The van der Waals surface area contributed by atoms with E-state index in [1.165, 1.54) is 0 Å². The first-order valence-corrected chi connectivity index (χ1v) is 6.85. The Morgan fingerprint density at radius 3 is 2.38 bits per heavy atom. The van der Waals surface area contributed by atoms with Crippen molar-refractivity contribution < 1.29 is 9.66 Å². The maximum atomic E-state index is 11.2. The minimum atomic E-state index is -0.364. The summed E-state index contributed by atoms with van der Waals surface area (Å²) in [5.41, 5.74) is 1.45. The molecule has 2 aromatic carbocycles. The summed E-state index contributed by atoms with van der Waals surface area (Å²) in [6.45, 7) is 2.71. The molecule has 0 bridgehead atoms. The van der Waals surface area contributed by atoms with Gasteiger partial charge in [-0.1, -0.05) is 37.3 Å². The summed E-state index contributed by atoms with van der Waals surface area (Å²) in [5.74, 6) is 0.774. The van der Waals surface area contributed by atoms with Gasteiger partial charge in [0.2, 0.25) is 0 Å². The van der Waals surface area contributed by atoms with Crippen LogP contribution in [0.15, 0.2) is 54.6 Å². The number of hydrogen-bond donors (Lipinski definition) is 0. The van der Waals surface area contributed by atoms with E-state index in [4.69, 9.17) is 4.74 Å². The van der Waals surface area contributed by atoms with Crippen LogP contribution in [0.2, 0.25) is 0 Å². The van der Waals surface area contributed by atoms with Gasteiger partial charge >= 0.3 is 0 Å². The lowest BCUT2D eigenvalue weighted by molar-refractivity contribution is -0.374. The van der Waals surface area contributed by atoms with Gasteiger partial charge < -0.3 is 4.74 Å². The first-order valence-electron chi connectivity index (χ1n) is 6.85. The Labute approximate surface area is 123 Å². The Kier molecular flexibility index (Phi) is 5.10. The van der Waals surface area contributed by atoms with E-state index >= 15 is 0 Å². The number of nitrogens with zero attached hydrogens (tertiary/aromatic N) is 1. The Balaban J connectivity index is 2.25. The molecule has 0 aliphatic heterocycles. The lowest BCUT2D eigenvalue weighted by Gasteiger charge is -2.04. The van der Waals surface area contributed by atoms with E-state index in [0.717, 1.165) is 17.7 Å². The third kappa shape index (κ3) is 4.18. The van der Waals surface area contributed by atoms with Gasteiger partial charge in [-0.2, -0.15) is 0 Å². The van der Waals surface area contributed by atoms with Crippen molar-refractivity contribution >= 4 is 11.8 Å². The zero-order chi connectivity index (χ0) is 15.1. The molecule has 0 spiro atoms. The van der Waals surface area contributed by atoms with Gasteiger partial charge in [-0.15, -0.1) is 0 Å². The molecule has 108 valence electrons. The average molecular weight is 283 g/mol. The number of rotatable bonds is 6. The first kappa shape index (κ1) is 14.8. The van der Waals surface area contributed by atoms with E-state index in [1.807, 2.05) is 37.3 Å². The van der Waals surface area contributed by atoms with E-state index in [0.29, 0.717) is 12.2 Å². The van der Waals surface area contributed by atoms with Crippen LogP contribution < -0.4 is 4.74 Å². The van der Waals surface area contributed by atoms with Crippen LogP contribution in [0.4, 0.5) is 0 Å². The number of ether oxygens (including phenoxy) is 1. The second kappa shape index (κ2) is 7.24. The third-order valence-electron chi connectivity index (χ3n) is 2.92. The lowest BCUT2D eigenvalue weighted by Crippen LogP contribution is -1.98. The number of nitro groups is 1. The fourth-order valence-corrected chi connectivity index (χ4v) is 1.89. The molecule has 0 fully saturated rings. The summed E-state index contributed by atoms with van der Waals surface area (Å²) in [5, 5.41) is 11.2. The van der Waals surface area contributed by atoms with Crippen molar-refractivity contribution in [3.05, 3.63) is 75.8 Å². The maximum absolute atomic E-state index is 11.2. The highest BCUT2D eigenvalue weighted by Crippen LogP contribution is 2.20. The van der Waals surface area contributed by atoms with Gasteiger partial charge in [-0.3, -0.25) is 10.1 Å². The van der Waals surface area contributed by atoms with E-state index in [9.17, 15) is 10.1 Å². The molecule has 0 aliphatic carbocycles. The van der Waals surface area contributed by atoms with Crippen LogP contribution in [0.1, 0.15) is 24.5 Å². The summed E-state index contributed by atoms with van der Waals surface area (Å²) in [6.07, 6.45) is 2.51. The molecule has 0 heterocycles. The van der Waals surface area contributed by atoms with Crippen molar-refractivity contribution in [1.29, 1.82) is 0 Å². The number of benzene rings is 2. The van der Waals surface area contributed by atoms with Crippen LogP contribution in [-0.4, -0.2) is 11.5 Å². The molecule has 4 nitrogen and oxygen atoms in total. The Bertz CT molecular complexity index is 618. The second-order valence-electron chi connectivity index (χ2n) is 4.57. The molecule has 0 aromatic heterocycles. The molecule has 2 aromatic rings. The Hall–Kier alpha value is -2.62. The minimum Gasteiger partial charge on any atom is -0.494 e. The van der Waals surface area contributed by atoms with Crippen molar-refractivity contribution in [2.75, 3.05) is 6.61 Å². The molecule has 0 atom stereocenters. The largest absolute Gasteiger partial charge is 0.494 e. The van der Waals surface area contributed by atoms with Crippen molar-refractivity contribution in [1.82, 2.24) is 0 Å². The van der Waals surface area contributed by atoms with Crippen LogP contribution in [0.25, 0.3) is 11.8 Å². The zero-order valence-corrected chi connectivity index (χ0v) is 11.9. The van der Waals surface area contributed by atoms with E-state index < -0.39 is 0 Å². The Morgan fingerprint density at radius 2 is 1.81 bits per heavy atom. The van der Waals surface area contributed by atoms with Crippen molar-refractivity contribution in [2.45, 2.75) is 13.3 Å². The molecule has 2 rings (SSSR count). The molecule has 0 unspecified atom stereocenters. The molecule has 0 amide bonds. The molecular formula is C17H17NO3. The molecule has 0 saturated heterocycles. The number of hydrogen-bond acceptors (Lipinski definition) is 3. The van der Waals surface area contributed by atoms with Crippen LogP contribution in [-0.2, 0) is 0 Å². The molecule has 0 aliphatic rings. The fourth-order valence-electron chi connectivity index (χ4n) is 1.89. The highest BCUT2D eigenvalue weighted by atomic mass is 16.6. The predicted octanol–water partition coefficient (Wildman–Crippen LogP) is 4.25. The average Bonchev–Trinajstić information content (AvgIpc) is 2.52. The quantitative estimate of drug-likeness (QED) is 0.452. The monoisotopic (exact) mass is 283 g/mol. The lowest BCUT2D eigenvalue weighted by atomic mass is 10.1. The van der Waals surface area contributed by atoms with Gasteiger partial charge in [0.25, 0.3) is 5.70 Å². The normalized spacial score (nSPS) is 11.2. The molecule has 0 N–H and O–H groups in total. The van der Waals surface area contributed by atoms with E-state index in [2.05, 4.69) is 0 Å². The van der Waals surface area contributed by atoms with Crippen LogP contribution in [0, 0.1) is 10.1 Å². The fraction of sp³-hybridized carbons (Fsp3) is 0.176. The topological polar surface area (TPSA) is 52.4 Å². The highest BCUT2D eigenvalue weighted by molar-refractivity contribution is 5.76. The minimum absolute atomic E-state index is 0.0813. The van der Waals surface area contributed by atoms with E-state index in [1.54, 1.807) is 30.3 Å². The zero-order valence-electron chi connectivity index (χ0n) is 11.9. The van der Waals surface area contributed by atoms with Crippen LogP contribution in [0.5, 0.6) is 5.75 Å². The highest BCUT2D eigenvalue weighted by Gasteiger charge is 2.13. The van der Waals surface area contributed by atoms with Gasteiger partial charge in [-0.25, -0.2) is 0 Å². The second-order valence-corrected chi connectivity index (χ2v) is 4.57. The van der Waals surface area contributed by atoms with Gasteiger partial charge in [0.1, 0.15) is 5.75 Å². The van der Waals surface area contributed by atoms with Gasteiger partial charge in [0, 0.05) is 6.08 Å². The summed E-state index contributed by atoms with van der Waals surface area (Å²) >= 11 is 0. The van der Waals surface area contributed by atoms with Gasteiger partial charge in [-0.05, 0) is 36.2 Å². The molecule has 4 heteroatoms. The smallest absolute Gasteiger partial charge is 0.277 e. The standard InChI is InChI=1S/C17H17NO3/c1-2-12-21-16-10-8-14(9-11-16)13-17(18(19)20)15-6-4-3-5-7-15/h3-11,13H,2,12H2,1H3. The molecule has 0 saturated carbocycles. The van der Waals surface area contributed by atoms with Crippen LogP contribution in [0.3, 0.4) is 0 Å². The van der Waals surface area contributed by atoms with E-state index in [-0.39, 0.29) is 10.6 Å². The van der Waals surface area contributed by atoms with Gasteiger partial charge in [0.05, 0.1) is 17.1 Å². The molecule has 0 radical (unpaired) electrons.